The molecule has 0 N–H and O–H groups in total. The molecule has 3 heteroatoms. The summed E-state index contributed by atoms with van der Waals surface area (Å²) in [5.74, 6) is 0. The standard InChI is InChI=1S/C53H57NO2/c1-48(2,3)28-16-18-39-33(20-28)34-21-29(49(4,5)6)17-19-40(34)53(39)41-26-31(51(10,11)12)24-37-44(41)54-43-35(46(37)55)22-30(50(7,8)9)23-36(43)47(56)38-25-32(52(13,14)15)27-42(53)45(38)54/h16-27H,1-15H3. The molecule has 0 amide bonds. The Balaban J connectivity index is 1.64. The average Bonchev–Trinajstić information content (AvgIpc) is 3.37. The minimum atomic E-state index is -0.786. The van der Waals surface area contributed by atoms with Crippen LogP contribution in [0, 0.1) is 0 Å². The number of hydrogen-bond donors (Lipinski definition) is 0. The number of nitrogens with zero attached hydrogens (tertiary/aromatic N) is 1. The van der Waals surface area contributed by atoms with Crippen molar-refractivity contribution in [2.45, 2.75) is 136 Å². The van der Waals surface area contributed by atoms with Gasteiger partial charge < -0.3 is 4.40 Å². The van der Waals surface area contributed by atoms with Gasteiger partial charge in [-0.25, -0.2) is 0 Å². The van der Waals surface area contributed by atoms with Crippen molar-refractivity contribution >= 4 is 38.1 Å². The van der Waals surface area contributed by atoms with Crippen LogP contribution in [-0.4, -0.2) is 4.40 Å². The van der Waals surface area contributed by atoms with Gasteiger partial charge in [-0.05, 0) is 113 Å². The van der Waals surface area contributed by atoms with E-state index in [2.05, 4.69) is 181 Å². The highest BCUT2D eigenvalue weighted by Gasteiger charge is 2.52. The molecule has 3 nitrogen and oxygen atoms in total. The van der Waals surface area contributed by atoms with E-state index in [0.29, 0.717) is 10.8 Å². The molecular weight excluding hydrogens is 683 g/mol. The van der Waals surface area contributed by atoms with E-state index in [4.69, 9.17) is 0 Å². The number of pyridine rings is 2. The van der Waals surface area contributed by atoms with Crippen LogP contribution >= 0.6 is 0 Å². The second-order valence-corrected chi connectivity index (χ2v) is 22.3. The summed E-state index contributed by atoms with van der Waals surface area (Å²) < 4.78 is 2.34. The van der Waals surface area contributed by atoms with Crippen LogP contribution in [0.15, 0.2) is 82.4 Å². The molecule has 0 unspecified atom stereocenters. The maximum absolute atomic E-state index is 15.3. The van der Waals surface area contributed by atoms with E-state index >= 15 is 9.59 Å². The molecule has 0 bridgehead atoms. The van der Waals surface area contributed by atoms with Crippen LogP contribution in [0.4, 0.5) is 0 Å². The lowest BCUT2D eigenvalue weighted by Crippen LogP contribution is -2.35. The Morgan fingerprint density at radius 1 is 0.357 bits per heavy atom. The van der Waals surface area contributed by atoms with Gasteiger partial charge in [0, 0.05) is 21.5 Å². The highest BCUT2D eigenvalue weighted by molar-refractivity contribution is 6.12. The third-order valence-electron chi connectivity index (χ3n) is 13.3. The fraction of sp³-hybridized carbons (Fsp3) is 0.396. The zero-order valence-corrected chi connectivity index (χ0v) is 36.2. The number of benzene rings is 5. The predicted molar refractivity (Wildman–Crippen MR) is 238 cm³/mol. The summed E-state index contributed by atoms with van der Waals surface area (Å²) in [6, 6.07) is 27.5. The van der Waals surface area contributed by atoms with E-state index in [9.17, 15) is 0 Å². The Kier molecular flexibility index (Phi) is 7.10. The molecule has 3 heterocycles. The van der Waals surface area contributed by atoms with Crippen LogP contribution in [0.3, 0.4) is 0 Å². The summed E-state index contributed by atoms with van der Waals surface area (Å²) >= 11 is 0. The summed E-state index contributed by atoms with van der Waals surface area (Å²) in [6.45, 7) is 33.7. The smallest absolute Gasteiger partial charge is 0.197 e. The second-order valence-electron chi connectivity index (χ2n) is 22.3. The Morgan fingerprint density at radius 3 is 0.982 bits per heavy atom. The summed E-state index contributed by atoms with van der Waals surface area (Å²) in [7, 11) is 0. The van der Waals surface area contributed by atoms with Gasteiger partial charge in [0.1, 0.15) is 0 Å². The Hall–Kier alpha value is -4.76. The molecule has 5 aromatic carbocycles. The fourth-order valence-electron chi connectivity index (χ4n) is 9.81. The van der Waals surface area contributed by atoms with Gasteiger partial charge >= 0.3 is 0 Å². The van der Waals surface area contributed by atoms with Crippen LogP contribution in [-0.2, 0) is 32.5 Å². The molecule has 0 fully saturated rings. The second kappa shape index (κ2) is 10.8. The molecule has 2 aromatic heterocycles. The fourth-order valence-corrected chi connectivity index (χ4v) is 9.81. The first-order chi connectivity index (χ1) is 25.8. The highest BCUT2D eigenvalue weighted by atomic mass is 16.1. The van der Waals surface area contributed by atoms with E-state index in [1.807, 2.05) is 0 Å². The lowest BCUT2D eigenvalue weighted by atomic mass is 9.63. The monoisotopic (exact) mass is 739 g/mol. The van der Waals surface area contributed by atoms with Crippen molar-refractivity contribution in [3.05, 3.63) is 143 Å². The van der Waals surface area contributed by atoms with Gasteiger partial charge in [0.15, 0.2) is 10.9 Å². The summed E-state index contributed by atoms with van der Waals surface area (Å²) in [5, 5.41) is 2.67. The van der Waals surface area contributed by atoms with Gasteiger partial charge in [-0.3, -0.25) is 9.59 Å². The first-order valence-electron chi connectivity index (χ1n) is 20.5. The molecule has 0 saturated heterocycles. The van der Waals surface area contributed by atoms with Gasteiger partial charge in [-0.1, -0.05) is 152 Å². The maximum Gasteiger partial charge on any atom is 0.197 e. The van der Waals surface area contributed by atoms with Crippen LogP contribution in [0.2, 0.25) is 0 Å². The predicted octanol–water partition coefficient (Wildman–Crippen LogP) is 12.7. The number of aromatic nitrogens is 1. The molecule has 1 spiro atoms. The molecule has 2 aliphatic rings. The largest absolute Gasteiger partial charge is 0.307 e. The first kappa shape index (κ1) is 36.9. The van der Waals surface area contributed by atoms with Crippen LogP contribution in [0.1, 0.15) is 154 Å². The van der Waals surface area contributed by atoms with E-state index in [1.165, 1.54) is 33.4 Å². The van der Waals surface area contributed by atoms with Crippen LogP contribution in [0.5, 0.6) is 0 Å². The Morgan fingerprint density at radius 2 is 0.661 bits per heavy atom. The Labute approximate surface area is 332 Å². The molecule has 0 saturated carbocycles. The number of fused-ring (bicyclic) bond motifs is 7. The van der Waals surface area contributed by atoms with E-state index in [0.717, 1.165) is 55.1 Å². The minimum Gasteiger partial charge on any atom is -0.307 e. The van der Waals surface area contributed by atoms with Crippen molar-refractivity contribution in [3.63, 3.8) is 0 Å². The Bertz CT molecular complexity index is 2820. The topological polar surface area (TPSA) is 38.5 Å². The minimum absolute atomic E-state index is 0.00304. The highest BCUT2D eigenvalue weighted by Crippen LogP contribution is 2.61. The van der Waals surface area contributed by atoms with E-state index in [-0.39, 0.29) is 37.9 Å². The first-order valence-corrected chi connectivity index (χ1v) is 20.5. The molecule has 1 aliphatic heterocycles. The molecule has 56 heavy (non-hydrogen) atoms. The number of rotatable bonds is 0. The quantitative estimate of drug-likeness (QED) is 0.115. The summed E-state index contributed by atoms with van der Waals surface area (Å²) in [4.78, 5) is 30.7. The summed E-state index contributed by atoms with van der Waals surface area (Å²) in [5.41, 5.74) is 13.9. The van der Waals surface area contributed by atoms with Crippen LogP contribution < -0.4 is 10.9 Å². The van der Waals surface area contributed by atoms with Crippen molar-refractivity contribution in [1.82, 2.24) is 4.40 Å². The maximum atomic E-state index is 15.3. The average molecular weight is 740 g/mol. The molecule has 1 aliphatic carbocycles. The molecule has 9 rings (SSSR count). The zero-order chi connectivity index (χ0) is 40.6. The molecule has 286 valence electrons. The summed E-state index contributed by atoms with van der Waals surface area (Å²) in [6.07, 6.45) is 0. The van der Waals surface area contributed by atoms with Gasteiger partial charge in [-0.2, -0.15) is 0 Å². The van der Waals surface area contributed by atoms with Crippen LogP contribution in [0.25, 0.3) is 49.2 Å². The van der Waals surface area contributed by atoms with Crippen molar-refractivity contribution in [1.29, 1.82) is 0 Å². The van der Waals surface area contributed by atoms with E-state index in [1.54, 1.807) is 0 Å². The van der Waals surface area contributed by atoms with Gasteiger partial charge in [0.25, 0.3) is 0 Å². The van der Waals surface area contributed by atoms with Gasteiger partial charge in [0.2, 0.25) is 0 Å². The lowest BCUT2D eigenvalue weighted by Gasteiger charge is -2.41. The van der Waals surface area contributed by atoms with Crippen molar-refractivity contribution < 1.29 is 0 Å². The lowest BCUT2D eigenvalue weighted by molar-refractivity contribution is 0.584. The van der Waals surface area contributed by atoms with Crippen molar-refractivity contribution in [2.24, 2.45) is 0 Å². The van der Waals surface area contributed by atoms with Crippen molar-refractivity contribution in [2.75, 3.05) is 0 Å². The van der Waals surface area contributed by atoms with Crippen molar-refractivity contribution in [3.8, 4) is 11.1 Å². The molecule has 7 aromatic rings. The van der Waals surface area contributed by atoms with Gasteiger partial charge in [0.05, 0.1) is 22.0 Å². The molecule has 0 atom stereocenters. The van der Waals surface area contributed by atoms with Gasteiger partial charge in [-0.15, -0.1) is 0 Å². The third-order valence-corrected chi connectivity index (χ3v) is 13.3. The van der Waals surface area contributed by atoms with E-state index < -0.39 is 5.41 Å². The SMILES string of the molecule is CC(C)(C)c1ccc2c(c1)-c1cc(C(C)(C)C)ccc1C21c2cc(C(C)(C)C)cc3c(=O)c4cc(C(C)(C)C)cc5c(=O)c6cc(C(C)(C)C)cc1c6n(c23)c45. The third kappa shape index (κ3) is 4.75. The zero-order valence-electron chi connectivity index (χ0n) is 36.2. The normalized spacial score (nSPS) is 15.3. The molecular formula is C53H57NO2. The molecule has 0 radical (unpaired) electrons. The number of hydrogen-bond acceptors (Lipinski definition) is 2.